The van der Waals surface area contributed by atoms with E-state index in [-0.39, 0.29) is 0 Å². The Morgan fingerprint density at radius 1 is 1.08 bits per heavy atom. The lowest BCUT2D eigenvalue weighted by atomic mass is 9.98. The molecule has 124 valence electrons. The van der Waals surface area contributed by atoms with Crippen molar-refractivity contribution >= 4 is 11.0 Å². The van der Waals surface area contributed by atoms with Crippen LogP contribution in [0.4, 0.5) is 0 Å². The molecular weight excluding hydrogens is 300 g/mol. The van der Waals surface area contributed by atoms with Crippen LogP contribution in [0.3, 0.4) is 0 Å². The van der Waals surface area contributed by atoms with E-state index in [0.717, 1.165) is 56.3 Å². The first kappa shape index (κ1) is 15.2. The molecule has 0 aliphatic carbocycles. The van der Waals surface area contributed by atoms with E-state index in [0.29, 0.717) is 5.92 Å². The minimum absolute atomic E-state index is 0.610. The summed E-state index contributed by atoms with van der Waals surface area (Å²) in [5.41, 5.74) is 0.978. The Balaban J connectivity index is 1.27. The van der Waals surface area contributed by atoms with Crippen molar-refractivity contribution in [2.75, 3.05) is 19.7 Å². The summed E-state index contributed by atoms with van der Waals surface area (Å²) in [6.07, 6.45) is 4.09. The summed E-state index contributed by atoms with van der Waals surface area (Å²) in [6, 6.07) is 16.1. The van der Waals surface area contributed by atoms with Gasteiger partial charge in [-0.25, -0.2) is 4.98 Å². The first-order chi connectivity index (χ1) is 11.9. The molecule has 3 heterocycles. The summed E-state index contributed by atoms with van der Waals surface area (Å²) in [5.74, 6) is 2.39. The van der Waals surface area contributed by atoms with Crippen molar-refractivity contribution in [3.63, 3.8) is 0 Å². The molecule has 1 aliphatic rings. The van der Waals surface area contributed by atoms with E-state index in [1.165, 1.54) is 5.39 Å². The van der Waals surface area contributed by atoms with Gasteiger partial charge in [0.2, 0.25) is 5.88 Å². The van der Waals surface area contributed by atoms with Crippen LogP contribution in [-0.2, 0) is 6.54 Å². The number of benzene rings is 1. The van der Waals surface area contributed by atoms with Crippen molar-refractivity contribution in [1.82, 2.24) is 9.88 Å². The Labute approximate surface area is 142 Å². The average Bonchev–Trinajstić information content (AvgIpc) is 3.04. The molecule has 0 radical (unpaired) electrons. The van der Waals surface area contributed by atoms with Crippen LogP contribution in [0.5, 0.6) is 5.88 Å². The third-order valence-electron chi connectivity index (χ3n) is 4.67. The second-order valence-corrected chi connectivity index (χ2v) is 6.45. The first-order valence-electron chi connectivity index (χ1n) is 8.60. The molecule has 0 saturated carbocycles. The molecule has 1 aliphatic heterocycles. The van der Waals surface area contributed by atoms with Gasteiger partial charge in [0.05, 0.1) is 13.2 Å². The van der Waals surface area contributed by atoms with Crippen LogP contribution in [0.15, 0.2) is 59.1 Å². The minimum atomic E-state index is 0.610. The number of pyridine rings is 1. The predicted octanol–water partition coefficient (Wildman–Crippen LogP) is 4.12. The second kappa shape index (κ2) is 7.05. The van der Waals surface area contributed by atoms with Gasteiger partial charge in [-0.2, -0.15) is 0 Å². The lowest BCUT2D eigenvalue weighted by molar-refractivity contribution is 0.129. The quantitative estimate of drug-likeness (QED) is 0.708. The van der Waals surface area contributed by atoms with Gasteiger partial charge in [-0.15, -0.1) is 0 Å². The molecule has 0 spiro atoms. The van der Waals surface area contributed by atoms with E-state index in [1.807, 2.05) is 30.3 Å². The van der Waals surface area contributed by atoms with Crippen molar-refractivity contribution in [2.45, 2.75) is 19.4 Å². The van der Waals surface area contributed by atoms with E-state index < -0.39 is 0 Å². The zero-order chi connectivity index (χ0) is 16.2. The van der Waals surface area contributed by atoms with Crippen molar-refractivity contribution in [1.29, 1.82) is 0 Å². The highest BCUT2D eigenvalue weighted by Crippen LogP contribution is 2.23. The van der Waals surface area contributed by atoms with Gasteiger partial charge < -0.3 is 9.15 Å². The highest BCUT2D eigenvalue weighted by Gasteiger charge is 2.21. The number of rotatable bonds is 5. The molecular formula is C20H22N2O2. The number of aromatic nitrogens is 1. The molecule has 0 bridgehead atoms. The van der Waals surface area contributed by atoms with Crippen LogP contribution in [0.2, 0.25) is 0 Å². The molecule has 24 heavy (non-hydrogen) atoms. The van der Waals surface area contributed by atoms with E-state index in [2.05, 4.69) is 28.1 Å². The molecule has 4 heteroatoms. The maximum Gasteiger partial charge on any atom is 0.213 e. The summed E-state index contributed by atoms with van der Waals surface area (Å²) >= 11 is 0. The summed E-state index contributed by atoms with van der Waals surface area (Å²) in [7, 11) is 0. The summed E-state index contributed by atoms with van der Waals surface area (Å²) in [5, 5.41) is 1.19. The topological polar surface area (TPSA) is 38.5 Å². The number of hydrogen-bond acceptors (Lipinski definition) is 4. The molecule has 1 saturated heterocycles. The molecule has 4 nitrogen and oxygen atoms in total. The monoisotopic (exact) mass is 322 g/mol. The van der Waals surface area contributed by atoms with E-state index in [4.69, 9.17) is 9.15 Å². The van der Waals surface area contributed by atoms with Gasteiger partial charge in [0.15, 0.2) is 0 Å². The van der Waals surface area contributed by atoms with Gasteiger partial charge in [-0.1, -0.05) is 24.3 Å². The number of fused-ring (bicyclic) bond motifs is 1. The Hall–Kier alpha value is -2.33. The fourth-order valence-electron chi connectivity index (χ4n) is 3.28. The number of nitrogens with zero attached hydrogens (tertiary/aromatic N) is 2. The number of piperidine rings is 1. The molecule has 3 aromatic rings. The molecule has 0 N–H and O–H groups in total. The Kier molecular flexibility index (Phi) is 4.47. The van der Waals surface area contributed by atoms with Crippen molar-refractivity contribution in [2.24, 2.45) is 5.92 Å². The number of ether oxygens (including phenoxy) is 1. The van der Waals surface area contributed by atoms with E-state index >= 15 is 0 Å². The van der Waals surface area contributed by atoms with Crippen molar-refractivity contribution < 1.29 is 9.15 Å². The number of furan rings is 1. The third-order valence-corrected chi connectivity index (χ3v) is 4.67. The molecule has 4 rings (SSSR count). The van der Waals surface area contributed by atoms with E-state index in [9.17, 15) is 0 Å². The predicted molar refractivity (Wildman–Crippen MR) is 93.9 cm³/mol. The molecule has 0 atom stereocenters. The highest BCUT2D eigenvalue weighted by atomic mass is 16.5. The SMILES string of the molecule is c1ccc(OCC2CCN(Cc3cc4ccccc4o3)CC2)nc1. The maximum atomic E-state index is 5.93. The normalized spacial score (nSPS) is 16.5. The number of hydrogen-bond donors (Lipinski definition) is 0. The number of para-hydroxylation sites is 1. The van der Waals surface area contributed by atoms with Gasteiger partial charge in [0.1, 0.15) is 11.3 Å². The fraction of sp³-hybridized carbons (Fsp3) is 0.350. The summed E-state index contributed by atoms with van der Waals surface area (Å²) in [6.45, 7) is 3.83. The lowest BCUT2D eigenvalue weighted by Gasteiger charge is -2.31. The molecule has 0 amide bonds. The van der Waals surface area contributed by atoms with Crippen LogP contribution in [-0.4, -0.2) is 29.6 Å². The van der Waals surface area contributed by atoms with Crippen LogP contribution in [0.25, 0.3) is 11.0 Å². The van der Waals surface area contributed by atoms with Gasteiger partial charge in [0, 0.05) is 17.6 Å². The zero-order valence-corrected chi connectivity index (χ0v) is 13.7. The Bertz CT molecular complexity index is 743. The van der Waals surface area contributed by atoms with Crippen LogP contribution < -0.4 is 4.74 Å². The van der Waals surface area contributed by atoms with Crippen molar-refractivity contribution in [3.8, 4) is 5.88 Å². The Morgan fingerprint density at radius 2 is 1.92 bits per heavy atom. The minimum Gasteiger partial charge on any atom is -0.477 e. The maximum absolute atomic E-state index is 5.93. The first-order valence-corrected chi connectivity index (χ1v) is 8.60. The van der Waals surface area contributed by atoms with Crippen LogP contribution >= 0.6 is 0 Å². The smallest absolute Gasteiger partial charge is 0.213 e. The molecule has 2 aromatic heterocycles. The summed E-state index contributed by atoms with van der Waals surface area (Å²) in [4.78, 5) is 6.68. The molecule has 1 aromatic carbocycles. The van der Waals surface area contributed by atoms with Gasteiger partial charge >= 0.3 is 0 Å². The second-order valence-electron chi connectivity index (χ2n) is 6.45. The highest BCUT2D eigenvalue weighted by molar-refractivity contribution is 5.77. The number of likely N-dealkylation sites (tertiary alicyclic amines) is 1. The summed E-state index contributed by atoms with van der Waals surface area (Å²) < 4.78 is 11.7. The van der Waals surface area contributed by atoms with Gasteiger partial charge in [0.25, 0.3) is 0 Å². The Morgan fingerprint density at radius 3 is 2.71 bits per heavy atom. The average molecular weight is 322 g/mol. The lowest BCUT2D eigenvalue weighted by Crippen LogP contribution is -2.35. The van der Waals surface area contributed by atoms with E-state index in [1.54, 1.807) is 6.20 Å². The zero-order valence-electron chi connectivity index (χ0n) is 13.7. The van der Waals surface area contributed by atoms with Crippen LogP contribution in [0.1, 0.15) is 18.6 Å². The van der Waals surface area contributed by atoms with Crippen molar-refractivity contribution in [3.05, 3.63) is 60.5 Å². The fourth-order valence-corrected chi connectivity index (χ4v) is 3.28. The largest absolute Gasteiger partial charge is 0.477 e. The van der Waals surface area contributed by atoms with Gasteiger partial charge in [-0.05, 0) is 50.0 Å². The standard InChI is InChI=1S/C20H22N2O2/c1-2-6-19-17(5-1)13-18(24-19)14-22-11-8-16(9-12-22)15-23-20-7-3-4-10-21-20/h1-7,10,13,16H,8-9,11-12,14-15H2. The molecule has 0 unspecified atom stereocenters. The third kappa shape index (κ3) is 3.60. The van der Waals surface area contributed by atoms with Gasteiger partial charge in [-0.3, -0.25) is 4.90 Å². The molecule has 1 fully saturated rings. The van der Waals surface area contributed by atoms with Crippen LogP contribution in [0, 0.1) is 5.92 Å².